The molecule has 2 fully saturated rings. The van der Waals surface area contributed by atoms with Gasteiger partial charge < -0.3 is 10.6 Å². The summed E-state index contributed by atoms with van der Waals surface area (Å²) in [5, 5.41) is 24.4. The molecule has 3 aromatic heterocycles. The Morgan fingerprint density at radius 2 is 2.06 bits per heavy atom. The van der Waals surface area contributed by atoms with E-state index in [0.29, 0.717) is 24.5 Å². The van der Waals surface area contributed by atoms with Gasteiger partial charge in [-0.25, -0.2) is 4.98 Å². The van der Waals surface area contributed by atoms with E-state index in [1.54, 1.807) is 0 Å². The van der Waals surface area contributed by atoms with Crippen LogP contribution in [0.25, 0.3) is 10.9 Å². The van der Waals surface area contributed by atoms with Crippen molar-refractivity contribution in [3.05, 3.63) is 36.2 Å². The van der Waals surface area contributed by atoms with Gasteiger partial charge in [-0.1, -0.05) is 6.92 Å². The second-order valence-electron chi connectivity index (χ2n) is 8.53. The zero-order chi connectivity index (χ0) is 21.2. The number of nitriles is 1. The average molecular weight is 417 g/mol. The van der Waals surface area contributed by atoms with Crippen LogP contribution in [0.5, 0.6) is 0 Å². The number of hydrogen-bond donors (Lipinski definition) is 3. The summed E-state index contributed by atoms with van der Waals surface area (Å²) >= 11 is 0. The van der Waals surface area contributed by atoms with Gasteiger partial charge in [-0.15, -0.1) is 0 Å². The normalized spacial score (nSPS) is 23.0. The van der Waals surface area contributed by atoms with Crippen LogP contribution in [-0.4, -0.2) is 49.7 Å². The number of hydrogen-bond acceptors (Lipinski definition) is 7. The zero-order valence-electron chi connectivity index (χ0n) is 17.8. The molecular formula is C23H28N8. The first kappa shape index (κ1) is 19.8. The van der Waals surface area contributed by atoms with Gasteiger partial charge in [-0.3, -0.25) is 15.0 Å². The highest BCUT2D eigenvalue weighted by atomic mass is 15.2. The van der Waals surface area contributed by atoms with Crippen LogP contribution < -0.4 is 10.6 Å². The number of anilines is 3. The molecule has 2 aliphatic heterocycles. The predicted molar refractivity (Wildman–Crippen MR) is 121 cm³/mol. The van der Waals surface area contributed by atoms with Crippen molar-refractivity contribution in [3.63, 3.8) is 0 Å². The summed E-state index contributed by atoms with van der Waals surface area (Å²) in [6, 6.07) is 11.8. The van der Waals surface area contributed by atoms with Crippen LogP contribution in [0.3, 0.4) is 0 Å². The maximum absolute atomic E-state index is 8.97. The third-order valence-corrected chi connectivity index (χ3v) is 6.57. The highest BCUT2D eigenvalue weighted by Gasteiger charge is 2.40. The highest BCUT2D eigenvalue weighted by molar-refractivity contribution is 5.91. The lowest BCUT2D eigenvalue weighted by atomic mass is 9.97. The molecule has 0 saturated carbocycles. The van der Waals surface area contributed by atoms with E-state index in [1.807, 2.05) is 24.4 Å². The van der Waals surface area contributed by atoms with Gasteiger partial charge in [0.2, 0.25) is 0 Å². The molecule has 0 aliphatic carbocycles. The summed E-state index contributed by atoms with van der Waals surface area (Å²) in [5.41, 5.74) is 1.99. The molecule has 2 saturated heterocycles. The molecule has 3 aromatic rings. The molecule has 5 rings (SSSR count). The van der Waals surface area contributed by atoms with E-state index < -0.39 is 0 Å². The van der Waals surface area contributed by atoms with E-state index >= 15 is 0 Å². The fourth-order valence-corrected chi connectivity index (χ4v) is 5.12. The van der Waals surface area contributed by atoms with Gasteiger partial charge in [0.15, 0.2) is 5.82 Å². The van der Waals surface area contributed by atoms with Crippen molar-refractivity contribution in [3.8, 4) is 6.07 Å². The van der Waals surface area contributed by atoms with Gasteiger partial charge in [0.1, 0.15) is 11.6 Å². The number of nitrogens with zero attached hydrogens (tertiary/aromatic N) is 5. The second kappa shape index (κ2) is 8.52. The minimum Gasteiger partial charge on any atom is -0.367 e. The average Bonchev–Trinajstić information content (AvgIpc) is 3.33. The van der Waals surface area contributed by atoms with Crippen LogP contribution in [0.2, 0.25) is 0 Å². The Morgan fingerprint density at radius 1 is 1.23 bits per heavy atom. The van der Waals surface area contributed by atoms with E-state index in [0.717, 1.165) is 59.9 Å². The zero-order valence-corrected chi connectivity index (χ0v) is 17.8. The second-order valence-corrected chi connectivity index (χ2v) is 8.53. The minimum atomic E-state index is 0.374. The first-order valence-corrected chi connectivity index (χ1v) is 11.2. The Balaban J connectivity index is 1.37. The minimum absolute atomic E-state index is 0.374. The van der Waals surface area contributed by atoms with Crippen LogP contribution in [0, 0.1) is 11.3 Å². The third kappa shape index (κ3) is 4.06. The molecule has 0 spiro atoms. The summed E-state index contributed by atoms with van der Waals surface area (Å²) in [6.07, 6.45) is 7.96. The monoisotopic (exact) mass is 416 g/mol. The van der Waals surface area contributed by atoms with Crippen molar-refractivity contribution in [2.24, 2.45) is 0 Å². The van der Waals surface area contributed by atoms with Crippen LogP contribution in [0.15, 0.2) is 30.5 Å². The molecule has 0 radical (unpaired) electrons. The van der Waals surface area contributed by atoms with Gasteiger partial charge >= 0.3 is 0 Å². The largest absolute Gasteiger partial charge is 0.367 e. The molecule has 2 atom stereocenters. The SMILES string of the molecule is CCc1cc(Nc2cc3ncccc3c(NC3CC4CCC(C3)N4CCC#N)n2)n[nH]1. The predicted octanol–water partition coefficient (Wildman–Crippen LogP) is 3.98. The Hall–Kier alpha value is -3.18. The van der Waals surface area contributed by atoms with Crippen molar-refractivity contribution in [1.82, 2.24) is 25.1 Å². The van der Waals surface area contributed by atoms with E-state index in [4.69, 9.17) is 10.2 Å². The van der Waals surface area contributed by atoms with E-state index in [2.05, 4.69) is 49.8 Å². The van der Waals surface area contributed by atoms with E-state index in [9.17, 15) is 0 Å². The summed E-state index contributed by atoms with van der Waals surface area (Å²) in [7, 11) is 0. The van der Waals surface area contributed by atoms with Crippen LogP contribution in [0.1, 0.15) is 44.7 Å². The molecular weight excluding hydrogens is 388 g/mol. The molecule has 3 N–H and O–H groups in total. The molecule has 31 heavy (non-hydrogen) atoms. The first-order chi connectivity index (χ1) is 15.2. The van der Waals surface area contributed by atoms with E-state index in [-0.39, 0.29) is 0 Å². The standard InChI is InChI=1S/C23H28N8/c1-2-15-13-22(30-29-15)27-21-14-20-19(5-3-9-25-20)23(28-21)26-16-11-17-6-7-18(12-16)31(17)10-4-8-24/h3,5,9,13-14,16-18H,2,4,6-7,10-12H2,1H3,(H3,26,27,28,29,30). The van der Waals surface area contributed by atoms with Gasteiger partial charge in [-0.2, -0.15) is 10.4 Å². The number of piperidine rings is 1. The van der Waals surface area contributed by atoms with Crippen LogP contribution in [0.4, 0.5) is 17.5 Å². The van der Waals surface area contributed by atoms with Crippen molar-refractivity contribution in [1.29, 1.82) is 5.26 Å². The molecule has 2 unspecified atom stereocenters. The number of fused-ring (bicyclic) bond motifs is 3. The topological polar surface area (TPSA) is 106 Å². The number of aryl methyl sites for hydroxylation is 1. The van der Waals surface area contributed by atoms with Crippen molar-refractivity contribution < 1.29 is 0 Å². The Labute approximate surface area is 182 Å². The molecule has 0 aromatic carbocycles. The number of nitrogens with one attached hydrogen (secondary N) is 3. The Bertz CT molecular complexity index is 1090. The molecule has 8 heteroatoms. The lowest BCUT2D eigenvalue weighted by Gasteiger charge is -2.39. The number of rotatable bonds is 7. The van der Waals surface area contributed by atoms with Crippen LogP contribution >= 0.6 is 0 Å². The lowest BCUT2D eigenvalue weighted by Crippen LogP contribution is -2.47. The lowest BCUT2D eigenvalue weighted by molar-refractivity contribution is 0.136. The highest BCUT2D eigenvalue weighted by Crippen LogP contribution is 2.37. The summed E-state index contributed by atoms with van der Waals surface area (Å²) in [6.45, 7) is 2.99. The quantitative estimate of drug-likeness (QED) is 0.535. The van der Waals surface area contributed by atoms with Crippen molar-refractivity contribution in [2.45, 2.75) is 63.6 Å². The summed E-state index contributed by atoms with van der Waals surface area (Å²) in [5.74, 6) is 2.36. The fourth-order valence-electron chi connectivity index (χ4n) is 5.12. The van der Waals surface area contributed by atoms with Crippen molar-refractivity contribution >= 4 is 28.4 Å². The van der Waals surface area contributed by atoms with Gasteiger partial charge in [0.25, 0.3) is 0 Å². The number of aromatic amines is 1. The molecule has 160 valence electrons. The number of H-pyrrole nitrogens is 1. The Morgan fingerprint density at radius 3 is 2.81 bits per heavy atom. The third-order valence-electron chi connectivity index (χ3n) is 6.57. The molecule has 2 aliphatic rings. The van der Waals surface area contributed by atoms with Gasteiger partial charge in [0, 0.05) is 60.5 Å². The van der Waals surface area contributed by atoms with Gasteiger partial charge in [-0.05, 0) is 44.2 Å². The van der Waals surface area contributed by atoms with E-state index in [1.165, 1.54) is 12.8 Å². The number of aromatic nitrogens is 4. The summed E-state index contributed by atoms with van der Waals surface area (Å²) in [4.78, 5) is 12.0. The first-order valence-electron chi connectivity index (χ1n) is 11.2. The maximum atomic E-state index is 8.97. The maximum Gasteiger partial charge on any atom is 0.153 e. The molecule has 0 amide bonds. The molecule has 2 bridgehead atoms. The smallest absolute Gasteiger partial charge is 0.153 e. The van der Waals surface area contributed by atoms with Crippen LogP contribution in [-0.2, 0) is 6.42 Å². The molecule has 5 heterocycles. The number of pyridine rings is 2. The fraction of sp³-hybridized carbons (Fsp3) is 0.478. The van der Waals surface area contributed by atoms with Crippen molar-refractivity contribution in [2.75, 3.05) is 17.2 Å². The van der Waals surface area contributed by atoms with Gasteiger partial charge in [0.05, 0.1) is 11.6 Å². The Kier molecular flexibility index (Phi) is 5.43. The summed E-state index contributed by atoms with van der Waals surface area (Å²) < 4.78 is 0. The molecule has 8 nitrogen and oxygen atoms in total.